The quantitative estimate of drug-likeness (QED) is 0.399. The SMILES string of the molecule is CCCCN(C(=O)CSc1n[nH]c(=O)n1CCCC)c1c(N)n(CC(C)C)c(=O)[nH]c1=O. The first-order chi connectivity index (χ1) is 15.2. The van der Waals surface area contributed by atoms with Crippen LogP contribution in [0.2, 0.25) is 0 Å². The first-order valence-corrected chi connectivity index (χ1v) is 11.9. The Hall–Kier alpha value is -2.76. The van der Waals surface area contributed by atoms with Gasteiger partial charge >= 0.3 is 11.4 Å². The second-order valence-electron chi connectivity index (χ2n) is 8.00. The number of nitrogen functional groups attached to an aromatic ring is 1. The van der Waals surface area contributed by atoms with Gasteiger partial charge < -0.3 is 10.6 Å². The number of hydrogen-bond acceptors (Lipinski definition) is 7. The number of H-pyrrole nitrogens is 2. The highest BCUT2D eigenvalue weighted by Crippen LogP contribution is 2.21. The van der Waals surface area contributed by atoms with E-state index in [2.05, 4.69) is 15.2 Å². The molecule has 32 heavy (non-hydrogen) atoms. The molecule has 2 aromatic heterocycles. The van der Waals surface area contributed by atoms with E-state index in [0.717, 1.165) is 31.0 Å². The number of aromatic amines is 2. The van der Waals surface area contributed by atoms with Crippen molar-refractivity contribution in [2.75, 3.05) is 22.9 Å². The van der Waals surface area contributed by atoms with E-state index in [1.165, 1.54) is 14.0 Å². The lowest BCUT2D eigenvalue weighted by atomic mass is 10.2. The van der Waals surface area contributed by atoms with Crippen molar-refractivity contribution in [1.82, 2.24) is 24.3 Å². The molecule has 4 N–H and O–H groups in total. The number of hydrogen-bond donors (Lipinski definition) is 3. The van der Waals surface area contributed by atoms with Crippen molar-refractivity contribution in [2.45, 2.75) is 71.6 Å². The lowest BCUT2D eigenvalue weighted by molar-refractivity contribution is -0.116. The van der Waals surface area contributed by atoms with E-state index in [4.69, 9.17) is 5.73 Å². The number of carbonyl (C=O) groups excluding carboxylic acids is 1. The van der Waals surface area contributed by atoms with Crippen LogP contribution in [0.5, 0.6) is 0 Å². The molecule has 0 fully saturated rings. The normalized spacial score (nSPS) is 11.3. The van der Waals surface area contributed by atoms with Crippen LogP contribution in [0.25, 0.3) is 0 Å². The molecule has 12 heteroatoms. The van der Waals surface area contributed by atoms with Gasteiger partial charge in [-0.15, -0.1) is 5.10 Å². The van der Waals surface area contributed by atoms with E-state index in [-0.39, 0.29) is 41.3 Å². The van der Waals surface area contributed by atoms with E-state index in [1.807, 2.05) is 27.7 Å². The van der Waals surface area contributed by atoms with Gasteiger partial charge in [0.1, 0.15) is 5.82 Å². The van der Waals surface area contributed by atoms with Gasteiger partial charge in [-0.3, -0.25) is 23.7 Å². The summed E-state index contributed by atoms with van der Waals surface area (Å²) in [4.78, 5) is 53.7. The number of aromatic nitrogens is 5. The topological polar surface area (TPSA) is 152 Å². The minimum atomic E-state index is -0.693. The Balaban J connectivity index is 2.35. The second-order valence-corrected chi connectivity index (χ2v) is 8.94. The molecule has 0 aliphatic heterocycles. The monoisotopic (exact) mass is 467 g/mol. The van der Waals surface area contributed by atoms with Gasteiger partial charge in [0.05, 0.1) is 5.75 Å². The Bertz CT molecular complexity index is 1080. The molecule has 0 unspecified atom stereocenters. The van der Waals surface area contributed by atoms with Crippen LogP contribution in [-0.4, -0.2) is 42.5 Å². The fourth-order valence-corrected chi connectivity index (χ4v) is 4.04. The summed E-state index contributed by atoms with van der Waals surface area (Å²) < 4.78 is 2.79. The molecule has 178 valence electrons. The summed E-state index contributed by atoms with van der Waals surface area (Å²) in [7, 11) is 0. The summed E-state index contributed by atoms with van der Waals surface area (Å²) >= 11 is 1.12. The third kappa shape index (κ3) is 6.15. The maximum atomic E-state index is 13.2. The Morgan fingerprint density at radius 1 is 1.12 bits per heavy atom. The minimum absolute atomic E-state index is 0.0188. The third-order valence-electron chi connectivity index (χ3n) is 4.85. The summed E-state index contributed by atoms with van der Waals surface area (Å²) in [6.45, 7) is 8.95. The van der Waals surface area contributed by atoms with Gasteiger partial charge in [-0.2, -0.15) is 0 Å². The van der Waals surface area contributed by atoms with Crippen LogP contribution in [0.3, 0.4) is 0 Å². The number of carbonyl (C=O) groups is 1. The molecule has 0 aromatic carbocycles. The minimum Gasteiger partial charge on any atom is -0.383 e. The van der Waals surface area contributed by atoms with Crippen molar-refractivity contribution in [1.29, 1.82) is 0 Å². The van der Waals surface area contributed by atoms with E-state index >= 15 is 0 Å². The summed E-state index contributed by atoms with van der Waals surface area (Å²) in [6.07, 6.45) is 3.19. The molecule has 11 nitrogen and oxygen atoms in total. The number of nitrogens with one attached hydrogen (secondary N) is 2. The van der Waals surface area contributed by atoms with E-state index in [1.54, 1.807) is 0 Å². The molecule has 2 rings (SSSR count). The van der Waals surface area contributed by atoms with Crippen molar-refractivity contribution in [3.8, 4) is 0 Å². The van der Waals surface area contributed by atoms with Crippen LogP contribution in [0.4, 0.5) is 11.5 Å². The highest BCUT2D eigenvalue weighted by atomic mass is 32.2. The predicted molar refractivity (Wildman–Crippen MR) is 126 cm³/mol. The molecule has 2 aromatic rings. The summed E-state index contributed by atoms with van der Waals surface area (Å²) in [5.74, 6) is -0.305. The molecular formula is C20H33N7O4S. The van der Waals surface area contributed by atoms with Crippen LogP contribution in [0.1, 0.15) is 53.4 Å². The maximum absolute atomic E-state index is 13.2. The van der Waals surface area contributed by atoms with Crippen LogP contribution in [0.15, 0.2) is 19.5 Å². The number of nitrogens with zero attached hydrogens (tertiary/aromatic N) is 4. The maximum Gasteiger partial charge on any atom is 0.343 e. The van der Waals surface area contributed by atoms with Gasteiger partial charge in [-0.05, 0) is 18.8 Å². The molecule has 0 spiro atoms. The molecule has 0 aliphatic carbocycles. The molecule has 0 bridgehead atoms. The Kier molecular flexibility index (Phi) is 9.36. The lowest BCUT2D eigenvalue weighted by Gasteiger charge is -2.24. The zero-order valence-corrected chi connectivity index (χ0v) is 20.0. The van der Waals surface area contributed by atoms with Gasteiger partial charge in [0.2, 0.25) is 5.91 Å². The van der Waals surface area contributed by atoms with Crippen LogP contribution in [0, 0.1) is 5.92 Å². The van der Waals surface area contributed by atoms with Gasteiger partial charge in [0.25, 0.3) is 5.56 Å². The summed E-state index contributed by atoms with van der Waals surface area (Å²) in [5.41, 5.74) is 4.58. The molecule has 2 heterocycles. The van der Waals surface area contributed by atoms with E-state index < -0.39 is 11.2 Å². The van der Waals surface area contributed by atoms with Gasteiger partial charge in [0, 0.05) is 19.6 Å². The number of rotatable bonds is 12. The molecule has 0 radical (unpaired) electrons. The second kappa shape index (κ2) is 11.7. The van der Waals surface area contributed by atoms with Crippen molar-refractivity contribution in [3.63, 3.8) is 0 Å². The zero-order valence-electron chi connectivity index (χ0n) is 19.1. The average Bonchev–Trinajstić information content (AvgIpc) is 3.09. The van der Waals surface area contributed by atoms with Crippen molar-refractivity contribution < 1.29 is 4.79 Å². The fourth-order valence-electron chi connectivity index (χ4n) is 3.19. The molecule has 0 saturated carbocycles. The number of unbranched alkanes of at least 4 members (excludes halogenated alkanes) is 2. The standard InChI is InChI=1S/C20H33N7O4S/c1-5-7-9-25(15-16(21)27(11-13(3)4)18(30)22-17(15)29)14(28)12-32-20-24-23-19(31)26(20)10-8-6-2/h13H,5-12,21H2,1-4H3,(H,23,31)(H,22,29,30). The fraction of sp³-hybridized carbons (Fsp3) is 0.650. The summed E-state index contributed by atoms with van der Waals surface area (Å²) in [6, 6.07) is 0. The van der Waals surface area contributed by atoms with Crippen LogP contribution in [-0.2, 0) is 17.9 Å². The predicted octanol–water partition coefficient (Wildman–Crippen LogP) is 1.39. The van der Waals surface area contributed by atoms with Gasteiger partial charge in [0.15, 0.2) is 10.8 Å². The first kappa shape index (κ1) is 25.5. The highest BCUT2D eigenvalue weighted by molar-refractivity contribution is 7.99. The molecule has 1 amide bonds. The number of thioether (sulfide) groups is 1. The largest absolute Gasteiger partial charge is 0.383 e. The van der Waals surface area contributed by atoms with Crippen LogP contribution < -0.4 is 27.6 Å². The molecule has 0 saturated heterocycles. The smallest absolute Gasteiger partial charge is 0.343 e. The average molecular weight is 468 g/mol. The Morgan fingerprint density at radius 3 is 2.44 bits per heavy atom. The van der Waals surface area contributed by atoms with Gasteiger partial charge in [-0.25, -0.2) is 14.7 Å². The number of nitrogens with two attached hydrogens (primary N) is 1. The lowest BCUT2D eigenvalue weighted by Crippen LogP contribution is -2.42. The highest BCUT2D eigenvalue weighted by Gasteiger charge is 2.25. The zero-order chi connectivity index (χ0) is 23.8. The van der Waals surface area contributed by atoms with Crippen molar-refractivity contribution in [2.24, 2.45) is 5.92 Å². The first-order valence-electron chi connectivity index (χ1n) is 10.9. The number of amides is 1. The Labute approximate surface area is 190 Å². The molecule has 0 atom stereocenters. The van der Waals surface area contributed by atoms with Crippen LogP contribution >= 0.6 is 11.8 Å². The van der Waals surface area contributed by atoms with E-state index in [0.29, 0.717) is 24.7 Å². The summed E-state index contributed by atoms with van der Waals surface area (Å²) in [5, 5.41) is 6.84. The molecule has 0 aliphatic rings. The van der Waals surface area contributed by atoms with E-state index in [9.17, 15) is 19.2 Å². The number of anilines is 2. The van der Waals surface area contributed by atoms with Crippen molar-refractivity contribution >= 4 is 29.2 Å². The Morgan fingerprint density at radius 2 is 1.81 bits per heavy atom. The molecular weight excluding hydrogens is 434 g/mol. The van der Waals surface area contributed by atoms with Crippen molar-refractivity contribution in [3.05, 3.63) is 31.3 Å². The van der Waals surface area contributed by atoms with Gasteiger partial charge in [-0.1, -0.05) is 52.3 Å². The third-order valence-corrected chi connectivity index (χ3v) is 5.81.